The van der Waals surface area contributed by atoms with Crippen molar-refractivity contribution in [3.63, 3.8) is 0 Å². The van der Waals surface area contributed by atoms with Crippen LogP contribution in [0.4, 0.5) is 0 Å². The molecule has 0 aliphatic heterocycles. The molecule has 0 aliphatic rings. The largest absolute Gasteiger partial charge is 0.453 e. The van der Waals surface area contributed by atoms with Gasteiger partial charge in [0.05, 0.1) is 12.1 Å². The van der Waals surface area contributed by atoms with Gasteiger partial charge in [-0.25, -0.2) is 4.79 Å². The summed E-state index contributed by atoms with van der Waals surface area (Å²) in [5, 5.41) is 3.18. The smallest absolute Gasteiger partial charge is 0.343 e. The molecule has 0 spiro atoms. The lowest BCUT2D eigenvalue weighted by Gasteiger charge is -2.20. The number of rotatable bonds is 7. The molecule has 0 fully saturated rings. The summed E-state index contributed by atoms with van der Waals surface area (Å²) in [6.07, 6.45) is 0. The summed E-state index contributed by atoms with van der Waals surface area (Å²) < 4.78 is 11.6. The highest BCUT2D eigenvalue weighted by molar-refractivity contribution is 5.98. The van der Waals surface area contributed by atoms with Crippen molar-refractivity contribution in [1.29, 1.82) is 0 Å². The first kappa shape index (κ1) is 22.2. The van der Waals surface area contributed by atoms with Crippen LogP contribution in [-0.4, -0.2) is 23.8 Å². The second-order valence-electron chi connectivity index (χ2n) is 8.36. The number of Topliss-reactive ketones (excluding diaryl/α,β-unsaturated/α-hetero) is 1. The van der Waals surface area contributed by atoms with Gasteiger partial charge >= 0.3 is 5.97 Å². The number of esters is 1. The number of ketones is 1. The van der Waals surface area contributed by atoms with E-state index in [4.69, 9.17) is 9.47 Å². The summed E-state index contributed by atoms with van der Waals surface area (Å²) in [6, 6.07) is 21.1. The van der Waals surface area contributed by atoms with Crippen molar-refractivity contribution in [2.75, 3.05) is 6.54 Å². The topological polar surface area (TPSA) is 64.6 Å². The Labute approximate surface area is 183 Å². The van der Waals surface area contributed by atoms with Gasteiger partial charge in [0.25, 0.3) is 0 Å². The molecule has 0 unspecified atom stereocenters. The molecular formula is C26H27NO4. The van der Waals surface area contributed by atoms with Gasteiger partial charge in [0.15, 0.2) is 17.3 Å². The van der Waals surface area contributed by atoms with E-state index in [2.05, 4.69) is 5.32 Å². The minimum absolute atomic E-state index is 0.103. The first-order valence-electron chi connectivity index (χ1n) is 10.2. The van der Waals surface area contributed by atoms with E-state index in [1.165, 1.54) is 0 Å². The van der Waals surface area contributed by atoms with Crippen LogP contribution in [-0.2, 0) is 0 Å². The number of benzene rings is 3. The van der Waals surface area contributed by atoms with Gasteiger partial charge < -0.3 is 14.8 Å². The number of aryl methyl sites for hydroxylation is 1. The Bertz CT molecular complexity index is 1050. The Balaban J connectivity index is 1.88. The maximum Gasteiger partial charge on any atom is 0.343 e. The maximum absolute atomic E-state index is 12.7. The first-order chi connectivity index (χ1) is 14.7. The van der Waals surface area contributed by atoms with Gasteiger partial charge in [-0.1, -0.05) is 35.9 Å². The van der Waals surface area contributed by atoms with Crippen LogP contribution in [0.1, 0.15) is 47.1 Å². The normalized spacial score (nSPS) is 11.1. The van der Waals surface area contributed by atoms with Crippen molar-refractivity contribution in [3.8, 4) is 17.2 Å². The summed E-state index contributed by atoms with van der Waals surface area (Å²) in [5.74, 6) is 0.529. The fourth-order valence-electron chi connectivity index (χ4n) is 2.76. The van der Waals surface area contributed by atoms with Crippen molar-refractivity contribution in [2.24, 2.45) is 0 Å². The SMILES string of the molecule is Cc1ccc(Oc2ccc(C(=O)CNC(C)(C)C)cc2OC(=O)c2ccccc2)cc1. The van der Waals surface area contributed by atoms with Crippen LogP contribution in [0, 0.1) is 6.92 Å². The number of carbonyl (C=O) groups is 2. The lowest BCUT2D eigenvalue weighted by Crippen LogP contribution is -2.39. The zero-order valence-corrected chi connectivity index (χ0v) is 18.3. The predicted molar refractivity (Wildman–Crippen MR) is 121 cm³/mol. The van der Waals surface area contributed by atoms with Crippen LogP contribution in [0.5, 0.6) is 17.2 Å². The quantitative estimate of drug-likeness (QED) is 0.309. The molecule has 0 bridgehead atoms. The van der Waals surface area contributed by atoms with Crippen LogP contribution in [0.15, 0.2) is 72.8 Å². The molecule has 1 N–H and O–H groups in total. The predicted octanol–water partition coefficient (Wildman–Crippen LogP) is 5.58. The lowest BCUT2D eigenvalue weighted by atomic mass is 10.1. The number of ether oxygens (including phenoxy) is 2. The number of hydrogen-bond acceptors (Lipinski definition) is 5. The third-order valence-electron chi connectivity index (χ3n) is 4.51. The van der Waals surface area contributed by atoms with E-state index in [1.807, 2.05) is 58.0 Å². The summed E-state index contributed by atoms with van der Waals surface area (Å²) >= 11 is 0. The van der Waals surface area contributed by atoms with E-state index < -0.39 is 5.97 Å². The molecule has 31 heavy (non-hydrogen) atoms. The van der Waals surface area contributed by atoms with Crippen molar-refractivity contribution >= 4 is 11.8 Å². The first-order valence-corrected chi connectivity index (χ1v) is 10.2. The molecule has 0 aromatic heterocycles. The molecule has 3 rings (SSSR count). The van der Waals surface area contributed by atoms with E-state index in [-0.39, 0.29) is 23.6 Å². The van der Waals surface area contributed by atoms with E-state index in [0.717, 1.165) is 5.56 Å². The number of carbonyl (C=O) groups excluding carboxylic acids is 2. The van der Waals surface area contributed by atoms with Gasteiger partial charge in [-0.15, -0.1) is 0 Å². The summed E-state index contributed by atoms with van der Waals surface area (Å²) in [7, 11) is 0. The molecule has 0 heterocycles. The van der Waals surface area contributed by atoms with Crippen molar-refractivity contribution in [1.82, 2.24) is 5.32 Å². The van der Waals surface area contributed by atoms with E-state index in [0.29, 0.717) is 22.6 Å². The van der Waals surface area contributed by atoms with Gasteiger partial charge in [-0.3, -0.25) is 4.79 Å². The standard InChI is InChI=1S/C26H27NO4/c1-18-10-13-21(14-11-18)30-23-15-12-20(22(28)17-27-26(2,3)4)16-24(23)31-25(29)19-8-6-5-7-9-19/h5-16,27H,17H2,1-4H3. The Kier molecular flexibility index (Phi) is 6.88. The van der Waals surface area contributed by atoms with Crippen LogP contribution in [0.25, 0.3) is 0 Å². The van der Waals surface area contributed by atoms with E-state index in [9.17, 15) is 9.59 Å². The van der Waals surface area contributed by atoms with Crippen LogP contribution < -0.4 is 14.8 Å². The average Bonchev–Trinajstić information content (AvgIpc) is 2.75. The van der Waals surface area contributed by atoms with Crippen molar-refractivity contribution in [2.45, 2.75) is 33.2 Å². The molecule has 0 radical (unpaired) electrons. The molecular weight excluding hydrogens is 390 g/mol. The molecule has 3 aromatic carbocycles. The molecule has 0 saturated carbocycles. The lowest BCUT2D eigenvalue weighted by molar-refractivity contribution is 0.0729. The fraction of sp³-hybridized carbons (Fsp3) is 0.231. The van der Waals surface area contributed by atoms with E-state index >= 15 is 0 Å². The Hall–Kier alpha value is -3.44. The van der Waals surface area contributed by atoms with Crippen LogP contribution >= 0.6 is 0 Å². The van der Waals surface area contributed by atoms with Crippen molar-refractivity contribution < 1.29 is 19.1 Å². The zero-order chi connectivity index (χ0) is 22.4. The molecule has 0 saturated heterocycles. The highest BCUT2D eigenvalue weighted by Gasteiger charge is 2.18. The van der Waals surface area contributed by atoms with Gasteiger partial charge in [0, 0.05) is 11.1 Å². The summed E-state index contributed by atoms with van der Waals surface area (Å²) in [6.45, 7) is 8.14. The number of hydrogen-bond donors (Lipinski definition) is 1. The zero-order valence-electron chi connectivity index (χ0n) is 18.3. The van der Waals surface area contributed by atoms with Gasteiger partial charge in [0.2, 0.25) is 0 Å². The molecule has 3 aromatic rings. The summed E-state index contributed by atoms with van der Waals surface area (Å²) in [4.78, 5) is 25.3. The highest BCUT2D eigenvalue weighted by Crippen LogP contribution is 2.33. The average molecular weight is 418 g/mol. The van der Waals surface area contributed by atoms with Gasteiger partial charge in [-0.2, -0.15) is 0 Å². The molecule has 0 amide bonds. The minimum Gasteiger partial charge on any atom is -0.453 e. The molecule has 0 aliphatic carbocycles. The minimum atomic E-state index is -0.522. The second kappa shape index (κ2) is 9.58. The Morgan fingerprint density at radius 1 is 0.839 bits per heavy atom. The molecule has 5 heteroatoms. The second-order valence-corrected chi connectivity index (χ2v) is 8.36. The third-order valence-corrected chi connectivity index (χ3v) is 4.51. The molecule has 0 atom stereocenters. The van der Waals surface area contributed by atoms with Crippen LogP contribution in [0.3, 0.4) is 0 Å². The van der Waals surface area contributed by atoms with Gasteiger partial charge in [-0.05, 0) is 70.2 Å². The molecule has 160 valence electrons. The summed E-state index contributed by atoms with van der Waals surface area (Å²) in [5.41, 5.74) is 1.77. The molecule has 5 nitrogen and oxygen atoms in total. The van der Waals surface area contributed by atoms with Crippen LogP contribution in [0.2, 0.25) is 0 Å². The monoisotopic (exact) mass is 417 g/mol. The third kappa shape index (κ3) is 6.52. The Morgan fingerprint density at radius 3 is 2.16 bits per heavy atom. The Morgan fingerprint density at radius 2 is 1.52 bits per heavy atom. The van der Waals surface area contributed by atoms with Crippen molar-refractivity contribution in [3.05, 3.63) is 89.5 Å². The fourth-order valence-corrected chi connectivity index (χ4v) is 2.76. The highest BCUT2D eigenvalue weighted by atomic mass is 16.6. The van der Waals surface area contributed by atoms with Gasteiger partial charge in [0.1, 0.15) is 5.75 Å². The van der Waals surface area contributed by atoms with E-state index in [1.54, 1.807) is 42.5 Å². The number of nitrogens with one attached hydrogen (secondary N) is 1. The maximum atomic E-state index is 12.7.